The van der Waals surface area contributed by atoms with E-state index in [2.05, 4.69) is 0 Å². The van der Waals surface area contributed by atoms with Crippen LogP contribution >= 0.6 is 11.8 Å². The highest BCUT2D eigenvalue weighted by molar-refractivity contribution is 7.98. The highest BCUT2D eigenvalue weighted by atomic mass is 32.2. The number of benzene rings is 2. The van der Waals surface area contributed by atoms with Gasteiger partial charge in [0, 0.05) is 4.90 Å². The van der Waals surface area contributed by atoms with E-state index in [0.29, 0.717) is 5.75 Å². The maximum absolute atomic E-state index is 12.5. The lowest BCUT2D eigenvalue weighted by atomic mass is 10.2. The number of ether oxygens (including phenoxy) is 1. The molecule has 0 aromatic heterocycles. The van der Waals surface area contributed by atoms with Gasteiger partial charge >= 0.3 is 6.18 Å². The van der Waals surface area contributed by atoms with Crippen LogP contribution in [0.5, 0.6) is 11.5 Å². The van der Waals surface area contributed by atoms with Crippen molar-refractivity contribution in [2.24, 2.45) is 0 Å². The zero-order chi connectivity index (χ0) is 14.8. The number of halogens is 3. The molecule has 0 fully saturated rings. The first kappa shape index (κ1) is 14.6. The molecule has 2 nitrogen and oxygen atoms in total. The zero-order valence-electron chi connectivity index (χ0n) is 10.6. The molecule has 0 radical (unpaired) electrons. The monoisotopic (exact) mass is 299 g/mol. The molecule has 0 aliphatic carbocycles. The molecule has 0 spiro atoms. The predicted molar refractivity (Wildman–Crippen MR) is 74.2 cm³/mol. The molecule has 106 valence electrons. The van der Waals surface area contributed by atoms with Gasteiger partial charge in [-0.3, -0.25) is 0 Å². The van der Waals surface area contributed by atoms with Crippen LogP contribution in [0, 0.1) is 0 Å². The standard InChI is InChI=1S/C14H12F3NOS/c1-20-13-5-3-2-4-12(13)19-11-7-6-9(8-10(11)18)14(15,16)17/h2-8H,18H2,1H3. The normalized spacial score (nSPS) is 11.4. The summed E-state index contributed by atoms with van der Waals surface area (Å²) < 4.78 is 43.2. The molecule has 0 saturated heterocycles. The second-order valence-electron chi connectivity index (χ2n) is 4.00. The van der Waals surface area contributed by atoms with Crippen LogP contribution in [0.1, 0.15) is 5.56 Å². The predicted octanol–water partition coefficient (Wildman–Crippen LogP) is 4.80. The summed E-state index contributed by atoms with van der Waals surface area (Å²) in [6.45, 7) is 0. The van der Waals surface area contributed by atoms with Crippen LogP contribution in [-0.2, 0) is 6.18 Å². The Bertz CT molecular complexity index is 614. The summed E-state index contributed by atoms with van der Waals surface area (Å²) in [4.78, 5) is 0.881. The van der Waals surface area contributed by atoms with E-state index in [4.69, 9.17) is 10.5 Å². The lowest BCUT2D eigenvalue weighted by Gasteiger charge is -2.13. The minimum atomic E-state index is -4.41. The fourth-order valence-corrected chi connectivity index (χ4v) is 2.16. The third-order valence-electron chi connectivity index (χ3n) is 2.63. The molecule has 2 N–H and O–H groups in total. The Morgan fingerprint density at radius 1 is 1.05 bits per heavy atom. The van der Waals surface area contributed by atoms with E-state index < -0.39 is 11.7 Å². The van der Waals surface area contributed by atoms with E-state index in [9.17, 15) is 13.2 Å². The van der Waals surface area contributed by atoms with Crippen LogP contribution in [0.2, 0.25) is 0 Å². The molecule has 0 saturated carbocycles. The summed E-state index contributed by atoms with van der Waals surface area (Å²) in [5.74, 6) is 0.769. The van der Waals surface area contributed by atoms with Crippen LogP contribution in [-0.4, -0.2) is 6.26 Å². The summed E-state index contributed by atoms with van der Waals surface area (Å²) >= 11 is 1.48. The van der Waals surface area contributed by atoms with Crippen LogP contribution in [0.4, 0.5) is 18.9 Å². The molecule has 2 aromatic rings. The molecular weight excluding hydrogens is 287 g/mol. The number of hydrogen-bond donors (Lipinski definition) is 1. The number of thioether (sulfide) groups is 1. The summed E-state index contributed by atoms with van der Waals surface area (Å²) in [6, 6.07) is 10.3. The average Bonchev–Trinajstić information content (AvgIpc) is 2.40. The van der Waals surface area contributed by atoms with E-state index in [1.807, 2.05) is 18.4 Å². The first-order valence-corrected chi connectivity index (χ1v) is 6.92. The summed E-state index contributed by atoms with van der Waals surface area (Å²) in [7, 11) is 0. The van der Waals surface area contributed by atoms with E-state index in [0.717, 1.165) is 17.0 Å². The molecule has 6 heteroatoms. The molecule has 2 aromatic carbocycles. The number of hydrogen-bond acceptors (Lipinski definition) is 3. The topological polar surface area (TPSA) is 35.2 Å². The van der Waals surface area contributed by atoms with Crippen molar-refractivity contribution in [3.8, 4) is 11.5 Å². The lowest BCUT2D eigenvalue weighted by molar-refractivity contribution is -0.137. The number of para-hydroxylation sites is 1. The molecule has 20 heavy (non-hydrogen) atoms. The van der Waals surface area contributed by atoms with Crippen LogP contribution < -0.4 is 10.5 Å². The lowest BCUT2D eigenvalue weighted by Crippen LogP contribution is -2.06. The Balaban J connectivity index is 2.31. The molecule has 0 unspecified atom stereocenters. The number of alkyl halides is 3. The van der Waals surface area contributed by atoms with E-state index in [1.54, 1.807) is 12.1 Å². The molecule has 0 aliphatic rings. The van der Waals surface area contributed by atoms with Crippen molar-refractivity contribution >= 4 is 17.4 Å². The fourth-order valence-electron chi connectivity index (χ4n) is 1.64. The smallest absolute Gasteiger partial charge is 0.416 e. The number of nitrogen functional groups attached to an aromatic ring is 1. The highest BCUT2D eigenvalue weighted by Gasteiger charge is 2.31. The molecule has 0 aliphatic heterocycles. The fraction of sp³-hybridized carbons (Fsp3) is 0.143. The number of anilines is 1. The van der Waals surface area contributed by atoms with Gasteiger partial charge < -0.3 is 10.5 Å². The molecule has 2 rings (SSSR count). The maximum Gasteiger partial charge on any atom is 0.416 e. The van der Waals surface area contributed by atoms with Gasteiger partial charge in [-0.25, -0.2) is 0 Å². The van der Waals surface area contributed by atoms with Gasteiger partial charge in [0.25, 0.3) is 0 Å². The van der Waals surface area contributed by atoms with Gasteiger partial charge in [-0.15, -0.1) is 11.8 Å². The minimum absolute atomic E-state index is 0.0456. The highest BCUT2D eigenvalue weighted by Crippen LogP contribution is 2.37. The Hall–Kier alpha value is -1.82. The third-order valence-corrected chi connectivity index (χ3v) is 3.40. The Kier molecular flexibility index (Phi) is 4.13. The van der Waals surface area contributed by atoms with E-state index in [1.165, 1.54) is 17.8 Å². The van der Waals surface area contributed by atoms with Crippen molar-refractivity contribution in [1.29, 1.82) is 0 Å². The van der Waals surface area contributed by atoms with Gasteiger partial charge in [0.15, 0.2) is 0 Å². The molecule has 0 heterocycles. The van der Waals surface area contributed by atoms with Gasteiger partial charge in [-0.2, -0.15) is 13.2 Å². The Morgan fingerprint density at radius 2 is 1.75 bits per heavy atom. The van der Waals surface area contributed by atoms with Crippen molar-refractivity contribution in [3.05, 3.63) is 48.0 Å². The van der Waals surface area contributed by atoms with Gasteiger partial charge in [0.1, 0.15) is 11.5 Å². The SMILES string of the molecule is CSc1ccccc1Oc1ccc(C(F)(F)F)cc1N. The van der Waals surface area contributed by atoms with Crippen molar-refractivity contribution in [2.45, 2.75) is 11.1 Å². The zero-order valence-corrected chi connectivity index (χ0v) is 11.4. The molecular formula is C14H12F3NOS. The molecule has 0 bridgehead atoms. The largest absolute Gasteiger partial charge is 0.454 e. The number of nitrogens with two attached hydrogens (primary N) is 1. The Morgan fingerprint density at radius 3 is 2.35 bits per heavy atom. The second kappa shape index (κ2) is 5.66. The van der Waals surface area contributed by atoms with E-state index >= 15 is 0 Å². The van der Waals surface area contributed by atoms with Crippen LogP contribution in [0.25, 0.3) is 0 Å². The summed E-state index contributed by atoms with van der Waals surface area (Å²) in [5.41, 5.74) is 4.79. The van der Waals surface area contributed by atoms with Gasteiger partial charge in [0.05, 0.1) is 11.3 Å². The average molecular weight is 299 g/mol. The third kappa shape index (κ3) is 3.19. The summed E-state index contributed by atoms with van der Waals surface area (Å²) in [5, 5.41) is 0. The summed E-state index contributed by atoms with van der Waals surface area (Å²) in [6.07, 6.45) is -2.53. The second-order valence-corrected chi connectivity index (χ2v) is 4.85. The van der Waals surface area contributed by atoms with Crippen molar-refractivity contribution in [3.63, 3.8) is 0 Å². The van der Waals surface area contributed by atoms with Crippen molar-refractivity contribution < 1.29 is 17.9 Å². The van der Waals surface area contributed by atoms with Gasteiger partial charge in [-0.05, 0) is 36.6 Å². The van der Waals surface area contributed by atoms with Gasteiger partial charge in [0.2, 0.25) is 0 Å². The van der Waals surface area contributed by atoms with Crippen molar-refractivity contribution in [1.82, 2.24) is 0 Å². The molecule has 0 atom stereocenters. The van der Waals surface area contributed by atoms with E-state index in [-0.39, 0.29) is 11.4 Å². The first-order chi connectivity index (χ1) is 9.41. The quantitative estimate of drug-likeness (QED) is 0.653. The van der Waals surface area contributed by atoms with Crippen molar-refractivity contribution in [2.75, 3.05) is 12.0 Å². The Labute approximate surface area is 118 Å². The minimum Gasteiger partial charge on any atom is -0.454 e. The molecule has 0 amide bonds. The first-order valence-electron chi connectivity index (χ1n) is 5.69. The van der Waals surface area contributed by atoms with Crippen LogP contribution in [0.15, 0.2) is 47.4 Å². The van der Waals surface area contributed by atoms with Crippen LogP contribution in [0.3, 0.4) is 0 Å². The number of rotatable bonds is 3. The maximum atomic E-state index is 12.5. The van der Waals surface area contributed by atoms with Gasteiger partial charge in [-0.1, -0.05) is 12.1 Å².